The Morgan fingerprint density at radius 3 is 2.30 bits per heavy atom. The van der Waals surface area contributed by atoms with E-state index in [-0.39, 0.29) is 6.54 Å². The molecule has 1 aromatic carbocycles. The highest BCUT2D eigenvalue weighted by molar-refractivity contribution is 5.89. The highest BCUT2D eigenvalue weighted by Crippen LogP contribution is 2.33. The standard InChI is InChI=1S/C19H23NO7/c1-11(21)25-15-8-9-20-10-14(23)17(18(16(15)20)26-12(2)22)27-19(24)13-6-4-3-5-7-13/h3-7,14-18,23H,8-10H2,1-2H3/t14-,15-,16+,17+,18+/m0/s1. The van der Waals surface area contributed by atoms with E-state index >= 15 is 0 Å². The fourth-order valence-electron chi connectivity index (χ4n) is 3.82. The van der Waals surface area contributed by atoms with Gasteiger partial charge in [0.05, 0.1) is 11.6 Å². The van der Waals surface area contributed by atoms with Gasteiger partial charge in [0.25, 0.3) is 0 Å². The van der Waals surface area contributed by atoms with Gasteiger partial charge in [-0.15, -0.1) is 0 Å². The Morgan fingerprint density at radius 2 is 1.67 bits per heavy atom. The lowest BCUT2D eigenvalue weighted by atomic mass is 9.92. The lowest BCUT2D eigenvalue weighted by Crippen LogP contribution is -2.64. The number of piperidine rings is 1. The number of nitrogens with zero attached hydrogens (tertiary/aromatic N) is 1. The van der Waals surface area contributed by atoms with Crippen LogP contribution in [0.25, 0.3) is 0 Å². The van der Waals surface area contributed by atoms with Crippen molar-refractivity contribution >= 4 is 17.9 Å². The Labute approximate surface area is 157 Å². The molecule has 2 fully saturated rings. The van der Waals surface area contributed by atoms with E-state index in [4.69, 9.17) is 14.2 Å². The van der Waals surface area contributed by atoms with Gasteiger partial charge in [0.1, 0.15) is 12.2 Å². The molecule has 2 saturated heterocycles. The molecule has 0 bridgehead atoms. The van der Waals surface area contributed by atoms with E-state index < -0.39 is 48.4 Å². The van der Waals surface area contributed by atoms with Crippen molar-refractivity contribution in [3.8, 4) is 0 Å². The number of rotatable bonds is 4. The molecule has 5 atom stereocenters. The largest absolute Gasteiger partial charge is 0.461 e. The third-order valence-corrected chi connectivity index (χ3v) is 4.84. The lowest BCUT2D eigenvalue weighted by Gasteiger charge is -2.44. The van der Waals surface area contributed by atoms with Gasteiger partial charge in [-0.05, 0) is 18.6 Å². The summed E-state index contributed by atoms with van der Waals surface area (Å²) in [5.74, 6) is -1.62. The van der Waals surface area contributed by atoms with Crippen molar-refractivity contribution in [2.75, 3.05) is 13.1 Å². The van der Waals surface area contributed by atoms with Crippen LogP contribution in [-0.2, 0) is 23.8 Å². The van der Waals surface area contributed by atoms with Crippen molar-refractivity contribution in [2.24, 2.45) is 0 Å². The molecule has 27 heavy (non-hydrogen) atoms. The summed E-state index contributed by atoms with van der Waals surface area (Å²) in [6, 6.07) is 7.90. The number of esters is 3. The van der Waals surface area contributed by atoms with Crippen molar-refractivity contribution in [3.05, 3.63) is 35.9 Å². The van der Waals surface area contributed by atoms with E-state index in [0.29, 0.717) is 18.5 Å². The predicted octanol–water partition coefficient (Wildman–Crippen LogP) is 0.524. The number of hydrogen-bond acceptors (Lipinski definition) is 8. The SMILES string of the molecule is CC(=O)O[C@H]1[C@H](OC(=O)c2ccccc2)[C@@H](O)CN2CC[C@H](OC(C)=O)[C@H]12. The first-order valence-electron chi connectivity index (χ1n) is 8.89. The number of aliphatic hydroxyl groups is 1. The summed E-state index contributed by atoms with van der Waals surface area (Å²) in [7, 11) is 0. The fourth-order valence-corrected chi connectivity index (χ4v) is 3.82. The van der Waals surface area contributed by atoms with Crippen molar-refractivity contribution in [1.29, 1.82) is 0 Å². The van der Waals surface area contributed by atoms with Crippen LogP contribution < -0.4 is 0 Å². The smallest absolute Gasteiger partial charge is 0.338 e. The fraction of sp³-hybridized carbons (Fsp3) is 0.526. The summed E-state index contributed by atoms with van der Waals surface area (Å²) in [4.78, 5) is 37.5. The van der Waals surface area contributed by atoms with Crippen LogP contribution in [0.3, 0.4) is 0 Å². The van der Waals surface area contributed by atoms with E-state index in [1.807, 2.05) is 4.90 Å². The number of benzene rings is 1. The van der Waals surface area contributed by atoms with Crippen molar-refractivity contribution in [2.45, 2.75) is 50.7 Å². The number of aliphatic hydroxyl groups excluding tert-OH is 1. The number of fused-ring (bicyclic) bond motifs is 1. The molecule has 0 spiro atoms. The van der Waals surface area contributed by atoms with E-state index in [2.05, 4.69) is 0 Å². The van der Waals surface area contributed by atoms with Gasteiger partial charge in [-0.25, -0.2) is 4.79 Å². The molecular formula is C19H23NO7. The van der Waals surface area contributed by atoms with Crippen LogP contribution in [0.2, 0.25) is 0 Å². The van der Waals surface area contributed by atoms with Gasteiger partial charge in [-0.3, -0.25) is 14.5 Å². The zero-order valence-corrected chi connectivity index (χ0v) is 15.2. The summed E-state index contributed by atoms with van der Waals surface area (Å²) >= 11 is 0. The monoisotopic (exact) mass is 377 g/mol. The molecule has 0 aliphatic carbocycles. The quantitative estimate of drug-likeness (QED) is 0.599. The van der Waals surface area contributed by atoms with Crippen LogP contribution in [-0.4, -0.2) is 71.5 Å². The highest BCUT2D eigenvalue weighted by Gasteiger charge is 2.54. The molecule has 1 N–H and O–H groups in total. The van der Waals surface area contributed by atoms with Gasteiger partial charge < -0.3 is 19.3 Å². The average molecular weight is 377 g/mol. The van der Waals surface area contributed by atoms with Gasteiger partial charge >= 0.3 is 17.9 Å². The van der Waals surface area contributed by atoms with Crippen LogP contribution >= 0.6 is 0 Å². The highest BCUT2D eigenvalue weighted by atomic mass is 16.6. The molecule has 0 saturated carbocycles. The van der Waals surface area contributed by atoms with Gasteiger partial charge in [0, 0.05) is 26.9 Å². The second-order valence-electron chi connectivity index (χ2n) is 6.80. The average Bonchev–Trinajstić information content (AvgIpc) is 2.99. The van der Waals surface area contributed by atoms with Gasteiger partial charge in [0.2, 0.25) is 0 Å². The summed E-state index contributed by atoms with van der Waals surface area (Å²) in [6.07, 6.45) is -2.98. The summed E-state index contributed by atoms with van der Waals surface area (Å²) in [6.45, 7) is 3.37. The summed E-state index contributed by atoms with van der Waals surface area (Å²) < 4.78 is 16.3. The third kappa shape index (κ3) is 4.28. The maximum Gasteiger partial charge on any atom is 0.338 e. The minimum absolute atomic E-state index is 0.229. The minimum atomic E-state index is -1.06. The molecule has 0 aromatic heterocycles. The van der Waals surface area contributed by atoms with E-state index in [1.54, 1.807) is 30.3 Å². The molecule has 0 amide bonds. The number of carbonyl (C=O) groups excluding carboxylic acids is 3. The maximum absolute atomic E-state index is 12.5. The second-order valence-corrected chi connectivity index (χ2v) is 6.80. The van der Waals surface area contributed by atoms with E-state index in [0.717, 1.165) is 0 Å². The first-order chi connectivity index (χ1) is 12.9. The number of ether oxygens (including phenoxy) is 3. The molecule has 1 aromatic rings. The van der Waals surface area contributed by atoms with Crippen LogP contribution in [0.5, 0.6) is 0 Å². The van der Waals surface area contributed by atoms with Crippen LogP contribution in [0.4, 0.5) is 0 Å². The maximum atomic E-state index is 12.5. The molecule has 0 unspecified atom stereocenters. The van der Waals surface area contributed by atoms with Crippen LogP contribution in [0.1, 0.15) is 30.6 Å². The molecular weight excluding hydrogens is 354 g/mol. The van der Waals surface area contributed by atoms with Crippen molar-refractivity contribution < 1.29 is 33.7 Å². The Morgan fingerprint density at radius 1 is 1.00 bits per heavy atom. The molecule has 0 radical (unpaired) electrons. The molecule has 2 heterocycles. The molecule has 2 aliphatic heterocycles. The normalized spacial score (nSPS) is 30.3. The second kappa shape index (κ2) is 8.06. The summed E-state index contributed by atoms with van der Waals surface area (Å²) in [5.41, 5.74) is 0.330. The van der Waals surface area contributed by atoms with E-state index in [9.17, 15) is 19.5 Å². The van der Waals surface area contributed by atoms with Crippen molar-refractivity contribution in [1.82, 2.24) is 4.90 Å². The zero-order chi connectivity index (χ0) is 19.6. The van der Waals surface area contributed by atoms with Crippen LogP contribution in [0.15, 0.2) is 30.3 Å². The predicted molar refractivity (Wildman–Crippen MR) is 92.7 cm³/mol. The number of carbonyl (C=O) groups is 3. The molecule has 2 aliphatic rings. The molecule has 146 valence electrons. The minimum Gasteiger partial charge on any atom is -0.461 e. The van der Waals surface area contributed by atoms with Gasteiger partial charge in [-0.2, -0.15) is 0 Å². The number of hydrogen-bond donors (Lipinski definition) is 1. The van der Waals surface area contributed by atoms with Gasteiger partial charge in [-0.1, -0.05) is 18.2 Å². The topological polar surface area (TPSA) is 102 Å². The molecule has 8 heteroatoms. The Kier molecular flexibility index (Phi) is 5.76. The van der Waals surface area contributed by atoms with Crippen LogP contribution in [0, 0.1) is 0 Å². The van der Waals surface area contributed by atoms with E-state index in [1.165, 1.54) is 13.8 Å². The lowest BCUT2D eigenvalue weighted by molar-refractivity contribution is -0.185. The van der Waals surface area contributed by atoms with Crippen molar-refractivity contribution in [3.63, 3.8) is 0 Å². The first-order valence-corrected chi connectivity index (χ1v) is 8.89. The molecule has 3 rings (SSSR count). The Hall–Kier alpha value is -2.45. The Bertz CT molecular complexity index is 707. The first kappa shape index (κ1) is 19.3. The van der Waals surface area contributed by atoms with Gasteiger partial charge in [0.15, 0.2) is 12.2 Å². The molecule has 8 nitrogen and oxygen atoms in total. The zero-order valence-electron chi connectivity index (χ0n) is 15.2. The summed E-state index contributed by atoms with van der Waals surface area (Å²) in [5, 5.41) is 10.5. The third-order valence-electron chi connectivity index (χ3n) is 4.84. The Balaban J connectivity index is 1.85.